The van der Waals surface area contributed by atoms with Gasteiger partial charge in [-0.05, 0) is 53.9 Å². The lowest BCUT2D eigenvalue weighted by molar-refractivity contribution is 0.241. The molecule has 4 rings (SSSR count). The first-order valence-corrected chi connectivity index (χ1v) is 11.1. The SMILES string of the molecule is CN(Cc1ccccc1)Sc1cccc(CN(Cc2cccnc2)Cc2ncc[nH]2)c1. The van der Waals surface area contributed by atoms with Crippen molar-refractivity contribution in [3.05, 3.63) is 114 Å². The van der Waals surface area contributed by atoms with Gasteiger partial charge in [-0.1, -0.05) is 48.5 Å². The monoisotopic (exact) mass is 429 g/mol. The van der Waals surface area contributed by atoms with Gasteiger partial charge in [-0.2, -0.15) is 0 Å². The summed E-state index contributed by atoms with van der Waals surface area (Å²) in [6, 6.07) is 23.5. The highest BCUT2D eigenvalue weighted by Crippen LogP contribution is 2.25. The van der Waals surface area contributed by atoms with Crippen molar-refractivity contribution in [2.24, 2.45) is 0 Å². The molecule has 0 aliphatic rings. The van der Waals surface area contributed by atoms with E-state index in [2.05, 4.69) is 91.9 Å². The van der Waals surface area contributed by atoms with Gasteiger partial charge in [-0.25, -0.2) is 9.29 Å². The van der Waals surface area contributed by atoms with Crippen LogP contribution in [0.15, 0.2) is 96.4 Å². The van der Waals surface area contributed by atoms with Crippen LogP contribution in [0, 0.1) is 0 Å². The van der Waals surface area contributed by atoms with E-state index in [0.29, 0.717) is 0 Å². The van der Waals surface area contributed by atoms with Crippen LogP contribution in [-0.2, 0) is 26.2 Å². The van der Waals surface area contributed by atoms with Crippen LogP contribution in [0.4, 0.5) is 0 Å². The van der Waals surface area contributed by atoms with Gasteiger partial charge in [0, 0.05) is 49.3 Å². The van der Waals surface area contributed by atoms with Crippen LogP contribution in [-0.4, -0.2) is 31.2 Å². The number of imidazole rings is 1. The number of aromatic amines is 1. The smallest absolute Gasteiger partial charge is 0.120 e. The van der Waals surface area contributed by atoms with Crippen molar-refractivity contribution >= 4 is 11.9 Å². The topological polar surface area (TPSA) is 48.1 Å². The number of benzene rings is 2. The molecule has 2 aromatic heterocycles. The second-order valence-corrected chi connectivity index (χ2v) is 8.83. The number of rotatable bonds is 10. The van der Waals surface area contributed by atoms with Gasteiger partial charge in [-0.15, -0.1) is 0 Å². The summed E-state index contributed by atoms with van der Waals surface area (Å²) >= 11 is 1.78. The number of pyridine rings is 1. The lowest BCUT2D eigenvalue weighted by atomic mass is 10.2. The molecule has 6 heteroatoms. The fraction of sp³-hybridized carbons (Fsp3) is 0.200. The molecule has 1 N–H and O–H groups in total. The molecule has 4 aromatic rings. The van der Waals surface area contributed by atoms with E-state index in [1.54, 1.807) is 18.1 Å². The molecular formula is C25H27N5S. The van der Waals surface area contributed by atoms with Gasteiger partial charge in [-0.3, -0.25) is 9.88 Å². The third-order valence-corrected chi connectivity index (χ3v) is 5.78. The van der Waals surface area contributed by atoms with Crippen LogP contribution >= 0.6 is 11.9 Å². The van der Waals surface area contributed by atoms with Crippen molar-refractivity contribution in [1.29, 1.82) is 0 Å². The highest BCUT2D eigenvalue weighted by molar-refractivity contribution is 7.97. The fourth-order valence-corrected chi connectivity index (χ4v) is 4.44. The zero-order valence-corrected chi connectivity index (χ0v) is 18.5. The van der Waals surface area contributed by atoms with Crippen LogP contribution in [0.3, 0.4) is 0 Å². The first kappa shape index (κ1) is 21.3. The fourth-order valence-electron chi connectivity index (χ4n) is 3.53. The Bertz CT molecular complexity index is 1040. The Balaban J connectivity index is 1.42. The summed E-state index contributed by atoms with van der Waals surface area (Å²) in [5, 5.41) is 0. The van der Waals surface area contributed by atoms with Crippen LogP contribution in [0.25, 0.3) is 0 Å². The summed E-state index contributed by atoms with van der Waals surface area (Å²) in [5.41, 5.74) is 3.80. The second-order valence-electron chi connectivity index (χ2n) is 7.55. The van der Waals surface area contributed by atoms with Gasteiger partial charge in [0.1, 0.15) is 5.82 Å². The van der Waals surface area contributed by atoms with E-state index in [9.17, 15) is 0 Å². The molecule has 0 aliphatic carbocycles. The second kappa shape index (κ2) is 10.9. The number of hydrogen-bond donors (Lipinski definition) is 1. The summed E-state index contributed by atoms with van der Waals surface area (Å²) in [5.74, 6) is 0.969. The molecule has 0 amide bonds. The Morgan fingerprint density at radius 3 is 2.39 bits per heavy atom. The van der Waals surface area contributed by atoms with Crippen LogP contribution < -0.4 is 0 Å². The van der Waals surface area contributed by atoms with Crippen molar-refractivity contribution in [1.82, 2.24) is 24.2 Å². The van der Waals surface area contributed by atoms with E-state index in [0.717, 1.165) is 32.0 Å². The molecule has 0 bridgehead atoms. The molecule has 0 fully saturated rings. The van der Waals surface area contributed by atoms with Crippen molar-refractivity contribution in [3.8, 4) is 0 Å². The molecule has 0 radical (unpaired) electrons. The average Bonchev–Trinajstić information content (AvgIpc) is 3.28. The van der Waals surface area contributed by atoms with Gasteiger partial charge >= 0.3 is 0 Å². The number of nitrogens with one attached hydrogen (secondary N) is 1. The standard InChI is InChI=1S/C25H27N5S/c1-29(17-21-7-3-2-4-8-21)31-24-11-5-9-22(15-24)18-30(20-25-27-13-14-28-25)19-23-10-6-12-26-16-23/h2-16H,17-20H2,1H3,(H,27,28). The molecule has 0 aliphatic heterocycles. The summed E-state index contributed by atoms with van der Waals surface area (Å²) in [6.45, 7) is 3.32. The molecule has 0 unspecified atom stereocenters. The first-order valence-electron chi connectivity index (χ1n) is 10.4. The molecule has 2 aromatic carbocycles. The van der Waals surface area contributed by atoms with Gasteiger partial charge in [0.05, 0.1) is 6.54 Å². The predicted molar refractivity (Wildman–Crippen MR) is 126 cm³/mol. The molecule has 158 valence electrons. The number of hydrogen-bond acceptors (Lipinski definition) is 5. The van der Waals surface area contributed by atoms with E-state index in [1.807, 2.05) is 24.7 Å². The minimum Gasteiger partial charge on any atom is -0.348 e. The molecule has 0 saturated carbocycles. The Labute approximate surface area is 188 Å². The first-order chi connectivity index (χ1) is 15.2. The van der Waals surface area contributed by atoms with Crippen molar-refractivity contribution in [3.63, 3.8) is 0 Å². The highest BCUT2D eigenvalue weighted by atomic mass is 32.2. The van der Waals surface area contributed by atoms with Crippen LogP contribution in [0.2, 0.25) is 0 Å². The molecule has 5 nitrogen and oxygen atoms in total. The van der Waals surface area contributed by atoms with Crippen LogP contribution in [0.5, 0.6) is 0 Å². The quantitative estimate of drug-likeness (QED) is 0.354. The Hall–Kier alpha value is -2.93. The minimum atomic E-state index is 0.757. The predicted octanol–water partition coefficient (Wildman–Crippen LogP) is 5.15. The molecule has 0 saturated heterocycles. The normalized spacial score (nSPS) is 11.3. The molecule has 2 heterocycles. The van der Waals surface area contributed by atoms with Gasteiger partial charge in [0.15, 0.2) is 0 Å². The van der Waals surface area contributed by atoms with E-state index < -0.39 is 0 Å². The van der Waals surface area contributed by atoms with E-state index in [4.69, 9.17) is 0 Å². The maximum atomic E-state index is 4.41. The highest BCUT2D eigenvalue weighted by Gasteiger charge is 2.11. The maximum absolute atomic E-state index is 4.41. The van der Waals surface area contributed by atoms with E-state index in [1.165, 1.54) is 21.6 Å². The molecule has 0 atom stereocenters. The van der Waals surface area contributed by atoms with Crippen molar-refractivity contribution < 1.29 is 0 Å². The molecule has 0 spiro atoms. The summed E-state index contributed by atoms with van der Waals surface area (Å²) in [4.78, 5) is 15.5. The third-order valence-electron chi connectivity index (χ3n) is 4.87. The summed E-state index contributed by atoms with van der Waals surface area (Å²) in [7, 11) is 2.13. The Kier molecular flexibility index (Phi) is 7.50. The summed E-state index contributed by atoms with van der Waals surface area (Å²) in [6.07, 6.45) is 7.42. The lowest BCUT2D eigenvalue weighted by Crippen LogP contribution is -2.23. The van der Waals surface area contributed by atoms with Crippen molar-refractivity contribution in [2.45, 2.75) is 31.1 Å². The van der Waals surface area contributed by atoms with Crippen LogP contribution in [0.1, 0.15) is 22.5 Å². The minimum absolute atomic E-state index is 0.757. The van der Waals surface area contributed by atoms with Gasteiger partial charge < -0.3 is 4.98 Å². The Morgan fingerprint density at radius 2 is 1.61 bits per heavy atom. The summed E-state index contributed by atoms with van der Waals surface area (Å²) < 4.78 is 2.27. The Morgan fingerprint density at radius 1 is 0.806 bits per heavy atom. The third kappa shape index (κ3) is 6.79. The number of H-pyrrole nitrogens is 1. The maximum Gasteiger partial charge on any atom is 0.120 e. The zero-order valence-electron chi connectivity index (χ0n) is 17.7. The number of aromatic nitrogens is 3. The molecule has 31 heavy (non-hydrogen) atoms. The number of nitrogens with zero attached hydrogens (tertiary/aromatic N) is 4. The largest absolute Gasteiger partial charge is 0.348 e. The van der Waals surface area contributed by atoms with E-state index in [-0.39, 0.29) is 0 Å². The zero-order chi connectivity index (χ0) is 21.3. The van der Waals surface area contributed by atoms with E-state index >= 15 is 0 Å². The average molecular weight is 430 g/mol. The van der Waals surface area contributed by atoms with Crippen molar-refractivity contribution in [2.75, 3.05) is 7.05 Å². The lowest BCUT2D eigenvalue weighted by Gasteiger charge is -2.22. The molecular weight excluding hydrogens is 402 g/mol. The van der Waals surface area contributed by atoms with Gasteiger partial charge in [0.25, 0.3) is 0 Å². The van der Waals surface area contributed by atoms with Gasteiger partial charge in [0.2, 0.25) is 0 Å².